The number of hydrogen-bond acceptors (Lipinski definition) is 8. The molecule has 8 heteroatoms. The molecule has 0 amide bonds. The van der Waals surface area contributed by atoms with Crippen LogP contribution >= 0.6 is 0 Å². The van der Waals surface area contributed by atoms with E-state index in [-0.39, 0.29) is 13.0 Å². The van der Waals surface area contributed by atoms with Crippen molar-refractivity contribution < 1.29 is 24.9 Å². The van der Waals surface area contributed by atoms with Crippen molar-refractivity contribution >= 4 is 5.97 Å². The van der Waals surface area contributed by atoms with Crippen LogP contribution in [0.3, 0.4) is 0 Å². The molecule has 0 aromatic carbocycles. The van der Waals surface area contributed by atoms with Gasteiger partial charge in [0.15, 0.2) is 0 Å². The number of carbonyl (C=O) groups excluding carboxylic acids is 1. The van der Waals surface area contributed by atoms with E-state index in [2.05, 4.69) is 17.1 Å². The van der Waals surface area contributed by atoms with Crippen LogP contribution in [0, 0.1) is 0 Å². The van der Waals surface area contributed by atoms with E-state index in [1.54, 1.807) is 6.92 Å². The fraction of sp³-hybridized carbons (Fsp3) is 0.950. The zero-order valence-electron chi connectivity index (χ0n) is 17.8. The minimum absolute atomic E-state index is 0.188. The summed E-state index contributed by atoms with van der Waals surface area (Å²) in [5.74, 6) is -0.445. The molecule has 0 saturated carbocycles. The largest absolute Gasteiger partial charge is 0.463 e. The Hall–Kier alpha value is -0.770. The molecule has 0 bridgehead atoms. The molecule has 3 atom stereocenters. The van der Waals surface area contributed by atoms with Crippen LogP contribution in [0.2, 0.25) is 0 Å². The Kier molecular flexibility index (Phi) is 17.8. The third-order valence-electron chi connectivity index (χ3n) is 4.76. The van der Waals surface area contributed by atoms with Crippen molar-refractivity contribution in [1.29, 1.82) is 0 Å². The zero-order chi connectivity index (χ0) is 21.2. The maximum absolute atomic E-state index is 11.7. The van der Waals surface area contributed by atoms with Gasteiger partial charge in [-0.2, -0.15) is 0 Å². The first kappa shape index (κ1) is 27.2. The SMILES string of the molecule is CCCCCCCN(CCN)CCNCCC(=O)OCC(O)C(O)C(O)CC. The van der Waals surface area contributed by atoms with Gasteiger partial charge in [0, 0.05) is 32.7 Å². The molecule has 0 heterocycles. The summed E-state index contributed by atoms with van der Waals surface area (Å²) in [6, 6.07) is 0. The van der Waals surface area contributed by atoms with E-state index in [1.165, 1.54) is 32.1 Å². The highest BCUT2D eigenvalue weighted by Gasteiger charge is 2.24. The number of ether oxygens (including phenoxy) is 1. The van der Waals surface area contributed by atoms with Crippen molar-refractivity contribution in [2.75, 3.05) is 45.9 Å². The van der Waals surface area contributed by atoms with Crippen LogP contribution in [0.4, 0.5) is 0 Å². The molecule has 0 aliphatic rings. The molecule has 0 aliphatic heterocycles. The van der Waals surface area contributed by atoms with Crippen molar-refractivity contribution in [3.8, 4) is 0 Å². The van der Waals surface area contributed by atoms with E-state index in [0.29, 0.717) is 19.5 Å². The van der Waals surface area contributed by atoms with Crippen molar-refractivity contribution in [2.45, 2.75) is 77.1 Å². The lowest BCUT2D eigenvalue weighted by Gasteiger charge is -2.22. The Morgan fingerprint density at radius 1 is 1.00 bits per heavy atom. The Morgan fingerprint density at radius 3 is 2.36 bits per heavy atom. The van der Waals surface area contributed by atoms with Crippen molar-refractivity contribution in [3.63, 3.8) is 0 Å². The van der Waals surface area contributed by atoms with Crippen LogP contribution < -0.4 is 11.1 Å². The summed E-state index contributed by atoms with van der Waals surface area (Å²) in [7, 11) is 0. The van der Waals surface area contributed by atoms with E-state index in [0.717, 1.165) is 26.2 Å². The van der Waals surface area contributed by atoms with E-state index in [1.807, 2.05) is 0 Å². The molecule has 0 saturated heterocycles. The molecule has 28 heavy (non-hydrogen) atoms. The van der Waals surface area contributed by atoms with Crippen LogP contribution in [0.1, 0.15) is 58.8 Å². The molecule has 3 unspecified atom stereocenters. The van der Waals surface area contributed by atoms with Gasteiger partial charge in [0.05, 0.1) is 12.5 Å². The van der Waals surface area contributed by atoms with Gasteiger partial charge >= 0.3 is 5.97 Å². The monoisotopic (exact) mass is 405 g/mol. The predicted octanol–water partition coefficient (Wildman–Crippen LogP) is 0.233. The first-order chi connectivity index (χ1) is 13.5. The number of nitrogens with two attached hydrogens (primary N) is 1. The number of carbonyl (C=O) groups is 1. The van der Waals surface area contributed by atoms with Crippen LogP contribution in [-0.4, -0.2) is 90.4 Å². The average Bonchev–Trinajstić information content (AvgIpc) is 2.70. The summed E-state index contributed by atoms with van der Waals surface area (Å²) in [6.07, 6.45) is 3.15. The van der Waals surface area contributed by atoms with Gasteiger partial charge in [-0.15, -0.1) is 0 Å². The quantitative estimate of drug-likeness (QED) is 0.153. The number of nitrogens with zero attached hydrogens (tertiary/aromatic N) is 1. The van der Waals surface area contributed by atoms with E-state index in [9.17, 15) is 20.1 Å². The first-order valence-electron chi connectivity index (χ1n) is 10.8. The Bertz CT molecular complexity index is 374. The van der Waals surface area contributed by atoms with Crippen molar-refractivity contribution in [2.24, 2.45) is 5.73 Å². The highest BCUT2D eigenvalue weighted by Crippen LogP contribution is 2.05. The summed E-state index contributed by atoms with van der Waals surface area (Å²) in [5.41, 5.74) is 5.68. The van der Waals surface area contributed by atoms with Crippen molar-refractivity contribution in [1.82, 2.24) is 10.2 Å². The number of hydrogen-bond donors (Lipinski definition) is 5. The Labute approximate surface area is 170 Å². The van der Waals surface area contributed by atoms with Gasteiger partial charge in [-0.1, -0.05) is 39.5 Å². The molecule has 168 valence electrons. The number of esters is 1. The van der Waals surface area contributed by atoms with E-state index >= 15 is 0 Å². The topological polar surface area (TPSA) is 128 Å². The molecule has 6 N–H and O–H groups in total. The second kappa shape index (κ2) is 18.3. The molecular weight excluding hydrogens is 362 g/mol. The Balaban J connectivity index is 3.80. The highest BCUT2D eigenvalue weighted by molar-refractivity contribution is 5.69. The van der Waals surface area contributed by atoms with Crippen LogP contribution in [0.25, 0.3) is 0 Å². The lowest BCUT2D eigenvalue weighted by atomic mass is 10.1. The zero-order valence-corrected chi connectivity index (χ0v) is 17.8. The van der Waals surface area contributed by atoms with E-state index in [4.69, 9.17) is 10.5 Å². The van der Waals surface area contributed by atoms with Gasteiger partial charge in [-0.05, 0) is 19.4 Å². The molecular formula is C20H43N3O5. The van der Waals surface area contributed by atoms with E-state index < -0.39 is 24.3 Å². The normalized spacial score (nSPS) is 14.8. The van der Waals surface area contributed by atoms with Crippen molar-refractivity contribution in [3.05, 3.63) is 0 Å². The van der Waals surface area contributed by atoms with Gasteiger partial charge in [0.25, 0.3) is 0 Å². The Morgan fingerprint density at radius 2 is 1.71 bits per heavy atom. The standard InChI is InChI=1S/C20H43N3O5/c1-3-5-6-7-8-13-23(14-10-21)15-12-22-11-9-19(26)28-16-18(25)20(27)17(24)4-2/h17-18,20,22,24-25,27H,3-16,21H2,1-2H3. The predicted molar refractivity (Wildman–Crippen MR) is 111 cm³/mol. The molecule has 0 spiro atoms. The van der Waals surface area contributed by atoms with Gasteiger partial charge < -0.3 is 36.0 Å². The van der Waals surface area contributed by atoms with Crippen LogP contribution in [0.5, 0.6) is 0 Å². The summed E-state index contributed by atoms with van der Waals surface area (Å²) in [6.45, 7) is 8.30. The lowest BCUT2D eigenvalue weighted by Crippen LogP contribution is -2.40. The van der Waals surface area contributed by atoms with Gasteiger partial charge in [-0.3, -0.25) is 4.79 Å². The lowest BCUT2D eigenvalue weighted by molar-refractivity contribution is -0.151. The van der Waals surface area contributed by atoms with Gasteiger partial charge in [0.2, 0.25) is 0 Å². The summed E-state index contributed by atoms with van der Waals surface area (Å²) in [5, 5.41) is 32.0. The molecule has 0 radical (unpaired) electrons. The molecule has 0 rings (SSSR count). The maximum Gasteiger partial charge on any atom is 0.307 e. The number of aliphatic hydroxyl groups excluding tert-OH is 3. The third kappa shape index (κ3) is 14.3. The molecule has 0 aliphatic carbocycles. The number of rotatable bonds is 19. The molecule has 0 fully saturated rings. The minimum atomic E-state index is -1.31. The summed E-state index contributed by atoms with van der Waals surface area (Å²) >= 11 is 0. The number of unbranched alkanes of at least 4 members (excludes halogenated alkanes) is 4. The molecule has 0 aromatic heterocycles. The second-order valence-corrected chi connectivity index (χ2v) is 7.26. The first-order valence-corrected chi connectivity index (χ1v) is 10.8. The van der Waals surface area contributed by atoms with Crippen LogP contribution in [0.15, 0.2) is 0 Å². The van der Waals surface area contributed by atoms with Crippen LogP contribution in [-0.2, 0) is 9.53 Å². The molecule has 0 aromatic rings. The fourth-order valence-electron chi connectivity index (χ4n) is 2.86. The minimum Gasteiger partial charge on any atom is -0.463 e. The summed E-state index contributed by atoms with van der Waals surface area (Å²) in [4.78, 5) is 14.0. The fourth-order valence-corrected chi connectivity index (χ4v) is 2.86. The van der Waals surface area contributed by atoms with Gasteiger partial charge in [-0.25, -0.2) is 0 Å². The number of nitrogens with one attached hydrogen (secondary N) is 1. The van der Waals surface area contributed by atoms with Gasteiger partial charge in [0.1, 0.15) is 18.8 Å². The maximum atomic E-state index is 11.7. The average molecular weight is 406 g/mol. The number of aliphatic hydroxyl groups is 3. The smallest absolute Gasteiger partial charge is 0.307 e. The second-order valence-electron chi connectivity index (χ2n) is 7.26. The molecule has 8 nitrogen and oxygen atoms in total. The summed E-state index contributed by atoms with van der Waals surface area (Å²) < 4.78 is 4.94. The highest BCUT2D eigenvalue weighted by atomic mass is 16.5. The third-order valence-corrected chi connectivity index (χ3v) is 4.76.